The van der Waals surface area contributed by atoms with Crippen LogP contribution in [0.4, 0.5) is 0 Å². The highest BCUT2D eigenvalue weighted by Gasteiger charge is 2.41. The molecule has 1 N–H and O–H groups in total. The van der Waals surface area contributed by atoms with E-state index in [1.54, 1.807) is 5.56 Å². The molecular weight excluding hydrogens is 362 g/mol. The Balaban J connectivity index is 1.83. The van der Waals surface area contributed by atoms with Gasteiger partial charge in [-0.25, -0.2) is 0 Å². The fourth-order valence-corrected chi connectivity index (χ4v) is 6.14. The maximum absolute atomic E-state index is 6.68. The minimum Gasteiger partial charge on any atom is -0.329 e. The molecule has 0 saturated heterocycles. The number of benzene rings is 2. The van der Waals surface area contributed by atoms with E-state index in [1.165, 1.54) is 40.6 Å². The number of aryl methyl sites for hydroxylation is 1. The molecule has 6 rings (SSSR count). The summed E-state index contributed by atoms with van der Waals surface area (Å²) in [6.45, 7) is 1.92. The maximum atomic E-state index is 6.68. The van der Waals surface area contributed by atoms with Crippen LogP contribution < -0.4 is 0 Å². The van der Waals surface area contributed by atoms with E-state index in [-0.39, 0.29) is 0 Å². The summed E-state index contributed by atoms with van der Waals surface area (Å²) in [4.78, 5) is 5.96. The van der Waals surface area contributed by atoms with Crippen molar-refractivity contribution in [3.05, 3.63) is 61.9 Å². The van der Waals surface area contributed by atoms with Gasteiger partial charge in [-0.3, -0.25) is 0 Å². The lowest BCUT2D eigenvalue weighted by molar-refractivity contribution is 0.214. The second kappa shape index (κ2) is 5.22. The fraction of sp³-hybridized carbons (Fsp3) is 0.381. The molecule has 2 atom stereocenters. The van der Waals surface area contributed by atoms with Gasteiger partial charge in [-0.2, -0.15) is 0 Å². The second-order valence-corrected chi connectivity index (χ2v) is 8.77. The summed E-state index contributed by atoms with van der Waals surface area (Å²) in [5.74, 6) is 0.413. The van der Waals surface area contributed by atoms with Gasteiger partial charge in [0.2, 0.25) is 0 Å². The van der Waals surface area contributed by atoms with Gasteiger partial charge in [-0.15, -0.1) is 0 Å². The molecule has 0 bridgehead atoms. The number of hydrogen-bond acceptors (Lipinski definition) is 2. The summed E-state index contributed by atoms with van der Waals surface area (Å²) in [5.41, 5.74) is 9.62. The van der Waals surface area contributed by atoms with Crippen molar-refractivity contribution >= 4 is 34.9 Å². The number of likely N-dealkylation sites (N-methyl/N-ethyl adjacent to an activating group) is 1. The predicted molar refractivity (Wildman–Crippen MR) is 108 cm³/mol. The molecule has 26 heavy (non-hydrogen) atoms. The molecule has 3 nitrogen and oxygen atoms in total. The first-order valence-corrected chi connectivity index (χ1v) is 10.2. The Labute approximate surface area is 162 Å². The third-order valence-corrected chi connectivity index (χ3v) is 7.38. The van der Waals surface area contributed by atoms with Crippen LogP contribution >= 0.6 is 23.8 Å². The predicted octanol–water partition coefficient (Wildman–Crippen LogP) is 4.65. The summed E-state index contributed by atoms with van der Waals surface area (Å²) in [6.07, 6.45) is 3.43. The number of rotatable bonds is 0. The molecule has 0 saturated carbocycles. The van der Waals surface area contributed by atoms with Crippen molar-refractivity contribution in [1.82, 2.24) is 14.5 Å². The molecule has 0 fully saturated rings. The molecule has 2 aromatic carbocycles. The van der Waals surface area contributed by atoms with E-state index >= 15 is 0 Å². The van der Waals surface area contributed by atoms with E-state index in [4.69, 9.17) is 23.8 Å². The number of H-pyrrole nitrogens is 1. The Bertz CT molecular complexity index is 1140. The number of aromatic amines is 1. The Morgan fingerprint density at radius 1 is 1.15 bits per heavy atom. The Kier molecular flexibility index (Phi) is 3.10. The van der Waals surface area contributed by atoms with Crippen LogP contribution in [0.3, 0.4) is 0 Å². The first-order chi connectivity index (χ1) is 12.6. The second-order valence-electron chi connectivity index (χ2n) is 7.98. The molecule has 132 valence electrons. The standard InChI is InChI=1S/C21H20ClN3S/c1-24-8-7-12-9-14(22)19-20-17(12)18-15(24)6-5-11-3-2-4-13(16(11)18)10-25(20)21(26)23-19/h2-4,9,15,18H,5-8,10H2,1H3,(H,23,26)/t15-,18+/m0/s1. The van der Waals surface area contributed by atoms with Crippen LogP contribution in [0.2, 0.25) is 5.02 Å². The van der Waals surface area contributed by atoms with E-state index in [9.17, 15) is 0 Å². The quantitative estimate of drug-likeness (QED) is 0.573. The zero-order valence-corrected chi connectivity index (χ0v) is 16.3. The molecule has 2 aliphatic heterocycles. The highest BCUT2D eigenvalue weighted by atomic mass is 35.5. The molecule has 5 heteroatoms. The Hall–Kier alpha value is -1.62. The van der Waals surface area contributed by atoms with Crippen LogP contribution in [-0.4, -0.2) is 34.1 Å². The van der Waals surface area contributed by atoms with E-state index in [0.29, 0.717) is 12.0 Å². The van der Waals surface area contributed by atoms with Crippen molar-refractivity contribution in [2.75, 3.05) is 13.6 Å². The van der Waals surface area contributed by atoms with Gasteiger partial charge in [0, 0.05) is 18.5 Å². The van der Waals surface area contributed by atoms with E-state index in [1.807, 2.05) is 0 Å². The van der Waals surface area contributed by atoms with Gasteiger partial charge in [-0.1, -0.05) is 29.8 Å². The Morgan fingerprint density at radius 2 is 2.00 bits per heavy atom. The highest BCUT2D eigenvalue weighted by Crippen LogP contribution is 2.48. The molecule has 3 aromatic rings. The van der Waals surface area contributed by atoms with Gasteiger partial charge in [0.05, 0.1) is 22.6 Å². The summed E-state index contributed by atoms with van der Waals surface area (Å²) in [6, 6.07) is 9.57. The van der Waals surface area contributed by atoms with Crippen molar-refractivity contribution in [3.8, 4) is 0 Å². The molecule has 3 aliphatic rings. The highest BCUT2D eigenvalue weighted by molar-refractivity contribution is 7.71. The number of imidazole rings is 1. The lowest BCUT2D eigenvalue weighted by Crippen LogP contribution is -2.39. The first kappa shape index (κ1) is 15.4. The van der Waals surface area contributed by atoms with Gasteiger partial charge in [0.15, 0.2) is 4.77 Å². The lowest BCUT2D eigenvalue weighted by Gasteiger charge is -2.38. The van der Waals surface area contributed by atoms with Crippen LogP contribution in [0, 0.1) is 4.77 Å². The average molecular weight is 382 g/mol. The van der Waals surface area contributed by atoms with Gasteiger partial charge in [0.1, 0.15) is 0 Å². The number of nitrogens with one attached hydrogen (secondary N) is 1. The van der Waals surface area contributed by atoms with E-state index < -0.39 is 0 Å². The molecule has 0 unspecified atom stereocenters. The maximum Gasteiger partial charge on any atom is 0.178 e. The van der Waals surface area contributed by atoms with Crippen molar-refractivity contribution in [3.63, 3.8) is 0 Å². The molecule has 1 aliphatic carbocycles. The zero-order valence-electron chi connectivity index (χ0n) is 14.7. The minimum absolute atomic E-state index is 0.413. The monoisotopic (exact) mass is 381 g/mol. The third kappa shape index (κ3) is 1.85. The zero-order chi connectivity index (χ0) is 17.6. The van der Waals surface area contributed by atoms with Crippen molar-refractivity contribution in [2.24, 2.45) is 0 Å². The van der Waals surface area contributed by atoms with E-state index in [0.717, 1.165) is 34.8 Å². The summed E-state index contributed by atoms with van der Waals surface area (Å²) in [7, 11) is 2.29. The average Bonchev–Trinajstić information content (AvgIpc) is 2.79. The van der Waals surface area contributed by atoms with Crippen molar-refractivity contribution < 1.29 is 0 Å². The number of nitrogens with zero attached hydrogens (tertiary/aromatic N) is 2. The minimum atomic E-state index is 0.413. The van der Waals surface area contributed by atoms with Gasteiger partial charge < -0.3 is 14.5 Å². The molecule has 3 heterocycles. The Morgan fingerprint density at radius 3 is 2.88 bits per heavy atom. The fourth-order valence-electron chi connectivity index (χ4n) is 5.61. The van der Waals surface area contributed by atoms with Crippen LogP contribution in [0.1, 0.15) is 40.2 Å². The number of aromatic nitrogens is 2. The largest absolute Gasteiger partial charge is 0.329 e. The van der Waals surface area contributed by atoms with Crippen molar-refractivity contribution in [2.45, 2.75) is 37.8 Å². The van der Waals surface area contributed by atoms with Crippen LogP contribution in [0.25, 0.3) is 11.0 Å². The molecule has 0 amide bonds. The summed E-state index contributed by atoms with van der Waals surface area (Å²) >= 11 is 12.4. The van der Waals surface area contributed by atoms with Gasteiger partial charge in [-0.05, 0) is 72.4 Å². The van der Waals surface area contributed by atoms with Crippen LogP contribution in [0.15, 0.2) is 24.3 Å². The van der Waals surface area contributed by atoms with Crippen LogP contribution in [0.5, 0.6) is 0 Å². The summed E-state index contributed by atoms with van der Waals surface area (Å²) < 4.78 is 3.06. The molecule has 0 radical (unpaired) electrons. The van der Waals surface area contributed by atoms with Crippen molar-refractivity contribution in [1.29, 1.82) is 0 Å². The van der Waals surface area contributed by atoms with Crippen LogP contribution in [-0.2, 0) is 19.4 Å². The normalized spacial score (nSPS) is 23.8. The van der Waals surface area contributed by atoms with E-state index in [2.05, 4.69) is 45.8 Å². The smallest absolute Gasteiger partial charge is 0.178 e. The third-order valence-electron chi connectivity index (χ3n) is 6.76. The SMILES string of the molecule is CN1CCc2cc(Cl)c3[nH]c(=S)n4c3c2[C@H]2c3c(cccc3C4)CC[C@@H]21. The molecule has 1 aromatic heterocycles. The summed E-state index contributed by atoms with van der Waals surface area (Å²) in [5, 5.41) is 0.798. The first-order valence-electron chi connectivity index (χ1n) is 9.38. The van der Waals surface area contributed by atoms with Gasteiger partial charge in [0.25, 0.3) is 0 Å². The molecule has 0 spiro atoms. The molecular formula is C21H20ClN3S. The number of hydrogen-bond donors (Lipinski definition) is 1. The topological polar surface area (TPSA) is 24.0 Å². The number of halogens is 1. The van der Waals surface area contributed by atoms with Gasteiger partial charge >= 0.3 is 0 Å². The lowest BCUT2D eigenvalue weighted by atomic mass is 9.73.